The van der Waals surface area contributed by atoms with Crippen LogP contribution >= 0.6 is 11.6 Å². The summed E-state index contributed by atoms with van der Waals surface area (Å²) < 4.78 is 11.6. The number of hydrogen-bond donors (Lipinski definition) is 0. The minimum atomic E-state index is -0.593. The number of methoxy groups -OCH3 is 1. The third-order valence-electron chi connectivity index (χ3n) is 6.23. The Labute approximate surface area is 192 Å². The number of nitrogens with zero attached hydrogens (tertiary/aromatic N) is 2. The Balaban J connectivity index is 1.93. The molecular weight excluding hydrogens is 428 g/mol. The standard InChI is InChI=1S/C25H27ClN2O4/c1-5-27(6-2)11-12-28-22(16-9-7-8-10-19(16)31-4)21-23(29)17-14-18(26)15(3)13-20(17)32-24(21)25(28)30/h7-10,13-14,22H,5-6,11-12H2,1-4H3. The molecule has 168 valence electrons. The molecule has 0 bridgehead atoms. The van der Waals surface area contributed by atoms with E-state index in [1.807, 2.05) is 31.2 Å². The fourth-order valence-corrected chi connectivity index (χ4v) is 4.54. The second-order valence-corrected chi connectivity index (χ2v) is 8.35. The van der Waals surface area contributed by atoms with Crippen molar-refractivity contribution in [2.75, 3.05) is 33.3 Å². The Morgan fingerprint density at radius 2 is 1.88 bits per heavy atom. The van der Waals surface area contributed by atoms with Crippen LogP contribution in [0.3, 0.4) is 0 Å². The number of likely N-dealkylation sites (N-methyl/N-ethyl adjacent to an activating group) is 1. The number of fused-ring (bicyclic) bond motifs is 2. The zero-order valence-electron chi connectivity index (χ0n) is 18.8. The Morgan fingerprint density at radius 1 is 1.16 bits per heavy atom. The molecule has 1 amide bonds. The number of ether oxygens (including phenoxy) is 1. The van der Waals surface area contributed by atoms with Crippen LogP contribution in [0.25, 0.3) is 11.0 Å². The number of carbonyl (C=O) groups excluding carboxylic acids is 1. The van der Waals surface area contributed by atoms with E-state index in [1.165, 1.54) is 0 Å². The molecule has 1 aromatic heterocycles. The van der Waals surface area contributed by atoms with Gasteiger partial charge in [-0.3, -0.25) is 9.59 Å². The van der Waals surface area contributed by atoms with Crippen molar-refractivity contribution in [2.45, 2.75) is 26.8 Å². The van der Waals surface area contributed by atoms with Gasteiger partial charge < -0.3 is 19.0 Å². The van der Waals surface area contributed by atoms with Gasteiger partial charge in [0.05, 0.1) is 24.1 Å². The van der Waals surface area contributed by atoms with Crippen molar-refractivity contribution in [3.05, 3.63) is 74.1 Å². The molecule has 6 nitrogen and oxygen atoms in total. The quantitative estimate of drug-likeness (QED) is 0.520. The Bertz CT molecular complexity index is 1230. The zero-order chi connectivity index (χ0) is 23.0. The largest absolute Gasteiger partial charge is 0.496 e. The van der Waals surface area contributed by atoms with Gasteiger partial charge in [-0.15, -0.1) is 0 Å². The first kappa shape index (κ1) is 22.4. The summed E-state index contributed by atoms with van der Waals surface area (Å²) in [4.78, 5) is 31.1. The summed E-state index contributed by atoms with van der Waals surface area (Å²) in [6.45, 7) is 8.93. The molecule has 0 N–H and O–H groups in total. The average molecular weight is 455 g/mol. The summed E-state index contributed by atoms with van der Waals surface area (Å²) in [6, 6.07) is 10.2. The maximum absolute atomic E-state index is 13.7. The Kier molecular flexibility index (Phi) is 6.26. The molecule has 0 radical (unpaired) electrons. The fraction of sp³-hybridized carbons (Fsp3) is 0.360. The van der Waals surface area contributed by atoms with Gasteiger partial charge in [0.25, 0.3) is 5.91 Å². The van der Waals surface area contributed by atoms with Crippen molar-refractivity contribution < 1.29 is 13.9 Å². The molecule has 0 spiro atoms. The lowest BCUT2D eigenvalue weighted by Crippen LogP contribution is -2.38. The molecule has 1 aliphatic heterocycles. The maximum Gasteiger partial charge on any atom is 0.290 e. The number of halogens is 1. The van der Waals surface area contributed by atoms with Crippen molar-refractivity contribution in [1.29, 1.82) is 0 Å². The highest BCUT2D eigenvalue weighted by Crippen LogP contribution is 2.41. The first-order valence-electron chi connectivity index (χ1n) is 10.8. The molecular formula is C25H27ClN2O4. The summed E-state index contributed by atoms with van der Waals surface area (Å²) in [5.41, 5.74) is 2.01. The molecule has 7 heteroatoms. The van der Waals surface area contributed by atoms with E-state index >= 15 is 0 Å². The summed E-state index contributed by atoms with van der Waals surface area (Å²) in [6.07, 6.45) is 0. The Hall–Kier alpha value is -2.83. The highest BCUT2D eigenvalue weighted by molar-refractivity contribution is 6.32. The number of rotatable bonds is 7. The molecule has 2 aromatic carbocycles. The number of benzene rings is 2. The second-order valence-electron chi connectivity index (χ2n) is 7.94. The van der Waals surface area contributed by atoms with Crippen molar-refractivity contribution in [3.8, 4) is 5.75 Å². The monoisotopic (exact) mass is 454 g/mol. The molecule has 32 heavy (non-hydrogen) atoms. The first-order valence-corrected chi connectivity index (χ1v) is 11.2. The van der Waals surface area contributed by atoms with Gasteiger partial charge in [-0.05, 0) is 43.8 Å². The predicted octanol–water partition coefficient (Wildman–Crippen LogP) is 4.65. The van der Waals surface area contributed by atoms with Gasteiger partial charge in [0.1, 0.15) is 11.3 Å². The number of carbonyl (C=O) groups is 1. The highest BCUT2D eigenvalue weighted by Gasteiger charge is 2.43. The lowest BCUT2D eigenvalue weighted by Gasteiger charge is -2.28. The molecule has 0 aliphatic carbocycles. The summed E-state index contributed by atoms with van der Waals surface area (Å²) in [7, 11) is 1.59. The van der Waals surface area contributed by atoms with E-state index in [0.29, 0.717) is 40.4 Å². The van der Waals surface area contributed by atoms with Gasteiger partial charge in [-0.25, -0.2) is 0 Å². The topological polar surface area (TPSA) is 63.0 Å². The summed E-state index contributed by atoms with van der Waals surface area (Å²) in [5.74, 6) is 0.432. The number of hydrogen-bond acceptors (Lipinski definition) is 5. The van der Waals surface area contributed by atoms with Gasteiger partial charge >= 0.3 is 0 Å². The summed E-state index contributed by atoms with van der Waals surface area (Å²) in [5, 5.41) is 0.860. The van der Waals surface area contributed by atoms with Crippen LogP contribution in [0.5, 0.6) is 5.75 Å². The molecule has 3 aromatic rings. The van der Waals surface area contributed by atoms with Crippen molar-refractivity contribution >= 4 is 28.5 Å². The minimum absolute atomic E-state index is 0.0969. The van der Waals surface area contributed by atoms with Crippen LogP contribution < -0.4 is 10.2 Å². The lowest BCUT2D eigenvalue weighted by atomic mass is 9.97. The molecule has 0 saturated carbocycles. The molecule has 1 atom stereocenters. The van der Waals surface area contributed by atoms with Crippen LogP contribution in [0.15, 0.2) is 45.6 Å². The SMILES string of the molecule is CCN(CC)CCN1C(=O)c2oc3cc(C)c(Cl)cc3c(=O)c2C1c1ccccc1OC. The van der Waals surface area contributed by atoms with E-state index in [2.05, 4.69) is 18.7 Å². The van der Waals surface area contributed by atoms with Crippen LogP contribution in [0.2, 0.25) is 5.02 Å². The highest BCUT2D eigenvalue weighted by atomic mass is 35.5. The zero-order valence-corrected chi connectivity index (χ0v) is 19.5. The van der Waals surface area contributed by atoms with E-state index in [4.69, 9.17) is 20.8 Å². The predicted molar refractivity (Wildman–Crippen MR) is 126 cm³/mol. The van der Waals surface area contributed by atoms with Gasteiger partial charge in [0, 0.05) is 23.7 Å². The van der Waals surface area contributed by atoms with Crippen LogP contribution in [0.4, 0.5) is 0 Å². The van der Waals surface area contributed by atoms with E-state index in [1.54, 1.807) is 24.1 Å². The normalized spacial score (nSPS) is 15.6. The van der Waals surface area contributed by atoms with Gasteiger partial charge in [0.15, 0.2) is 5.43 Å². The third kappa shape index (κ3) is 3.67. The van der Waals surface area contributed by atoms with E-state index in [9.17, 15) is 9.59 Å². The smallest absolute Gasteiger partial charge is 0.290 e. The van der Waals surface area contributed by atoms with Gasteiger partial charge in [-0.2, -0.15) is 0 Å². The number of amides is 1. The second kappa shape index (κ2) is 8.96. The first-order chi connectivity index (χ1) is 15.4. The molecule has 4 rings (SSSR count). The average Bonchev–Trinajstić information content (AvgIpc) is 3.07. The summed E-state index contributed by atoms with van der Waals surface area (Å²) >= 11 is 6.30. The Morgan fingerprint density at radius 3 is 2.56 bits per heavy atom. The van der Waals surface area contributed by atoms with E-state index < -0.39 is 6.04 Å². The van der Waals surface area contributed by atoms with Crippen LogP contribution in [-0.4, -0.2) is 49.0 Å². The molecule has 1 aliphatic rings. The van der Waals surface area contributed by atoms with Crippen molar-refractivity contribution in [1.82, 2.24) is 9.80 Å². The van der Waals surface area contributed by atoms with Crippen LogP contribution in [0.1, 0.15) is 47.1 Å². The maximum atomic E-state index is 13.7. The van der Waals surface area contributed by atoms with Crippen LogP contribution in [-0.2, 0) is 0 Å². The third-order valence-corrected chi connectivity index (χ3v) is 6.64. The van der Waals surface area contributed by atoms with E-state index in [0.717, 1.165) is 24.2 Å². The van der Waals surface area contributed by atoms with Crippen molar-refractivity contribution in [3.63, 3.8) is 0 Å². The molecule has 0 fully saturated rings. The lowest BCUT2D eigenvalue weighted by molar-refractivity contribution is 0.0706. The molecule has 1 unspecified atom stereocenters. The van der Waals surface area contributed by atoms with Gasteiger partial charge in [0.2, 0.25) is 5.76 Å². The van der Waals surface area contributed by atoms with Crippen LogP contribution in [0, 0.1) is 6.92 Å². The van der Waals surface area contributed by atoms with E-state index in [-0.39, 0.29) is 17.1 Å². The number of aryl methyl sites for hydroxylation is 1. The molecule has 2 heterocycles. The molecule has 0 saturated heterocycles. The minimum Gasteiger partial charge on any atom is -0.496 e. The fourth-order valence-electron chi connectivity index (χ4n) is 4.38. The number of para-hydroxylation sites is 1. The van der Waals surface area contributed by atoms with Gasteiger partial charge in [-0.1, -0.05) is 43.6 Å². The van der Waals surface area contributed by atoms with Crippen molar-refractivity contribution in [2.24, 2.45) is 0 Å².